The molecular weight excluding hydrogens is 496 g/mol. The summed E-state index contributed by atoms with van der Waals surface area (Å²) in [6, 6.07) is 29.8. The largest absolute Gasteiger partial charge is 0.356 e. The van der Waals surface area contributed by atoms with E-state index in [1.165, 1.54) is 27.2 Å². The molecule has 2 aliphatic rings. The second-order valence-corrected chi connectivity index (χ2v) is 13.0. The molecule has 0 spiro atoms. The van der Waals surface area contributed by atoms with Crippen LogP contribution in [0.4, 0.5) is 5.69 Å². The average Bonchev–Trinajstić information content (AvgIpc) is 2.93. The second kappa shape index (κ2) is 11.4. The molecule has 1 heterocycles. The molecule has 1 unspecified atom stereocenters. The van der Waals surface area contributed by atoms with Crippen LogP contribution in [-0.2, 0) is 11.8 Å². The molecule has 0 bridgehead atoms. The molecule has 4 nitrogen and oxygen atoms in total. The van der Waals surface area contributed by atoms with Gasteiger partial charge in [0.2, 0.25) is 0 Å². The molecule has 1 aliphatic heterocycles. The fourth-order valence-corrected chi connectivity index (χ4v) is 6.80. The van der Waals surface area contributed by atoms with Crippen LogP contribution in [0.25, 0.3) is 0 Å². The number of benzene rings is 3. The van der Waals surface area contributed by atoms with E-state index in [0.717, 1.165) is 43.7 Å². The molecule has 0 radical (unpaired) electrons. The summed E-state index contributed by atoms with van der Waals surface area (Å²) >= 11 is 1.88. The predicted molar refractivity (Wildman–Crippen MR) is 163 cm³/mol. The number of rotatable bonds is 7. The summed E-state index contributed by atoms with van der Waals surface area (Å²) in [7, 11) is 0. The average molecular weight is 535 g/mol. The van der Waals surface area contributed by atoms with Gasteiger partial charge in [0.1, 0.15) is 0 Å². The summed E-state index contributed by atoms with van der Waals surface area (Å²) in [5, 5.41) is 12.8. The van der Waals surface area contributed by atoms with Crippen LogP contribution in [0.2, 0.25) is 0 Å². The highest BCUT2D eigenvalue weighted by Gasteiger charge is 2.42. The number of hydrogen-bond acceptors (Lipinski definition) is 5. The van der Waals surface area contributed by atoms with Crippen LogP contribution >= 0.6 is 11.9 Å². The Morgan fingerprint density at radius 2 is 1.72 bits per heavy atom. The lowest BCUT2D eigenvalue weighted by Gasteiger charge is -2.47. The number of piperidine rings is 1. The first-order valence-corrected chi connectivity index (χ1v) is 14.5. The van der Waals surface area contributed by atoms with Crippen LogP contribution in [0.1, 0.15) is 50.3 Å². The Labute approximate surface area is 237 Å². The van der Waals surface area contributed by atoms with Crippen LogP contribution in [0.5, 0.6) is 0 Å². The molecule has 3 aromatic carbocycles. The van der Waals surface area contributed by atoms with E-state index < -0.39 is 0 Å². The molecule has 1 fully saturated rings. The van der Waals surface area contributed by atoms with Gasteiger partial charge < -0.3 is 11.1 Å². The third-order valence-electron chi connectivity index (χ3n) is 7.92. The highest BCUT2D eigenvalue weighted by atomic mass is 32.2. The Kier molecular flexibility index (Phi) is 8.00. The lowest BCUT2D eigenvalue weighted by molar-refractivity contribution is 0.217. The first-order valence-electron chi connectivity index (χ1n) is 13.8. The first kappa shape index (κ1) is 27.3. The molecule has 0 aromatic heterocycles. The Morgan fingerprint density at radius 3 is 2.36 bits per heavy atom. The van der Waals surface area contributed by atoms with Crippen molar-refractivity contribution in [3.8, 4) is 6.07 Å². The number of hydrogen-bond donors (Lipinski definition) is 2. The molecule has 5 rings (SSSR count). The van der Waals surface area contributed by atoms with Crippen LogP contribution in [0.15, 0.2) is 107 Å². The van der Waals surface area contributed by atoms with Crippen molar-refractivity contribution >= 4 is 17.6 Å². The van der Waals surface area contributed by atoms with Crippen molar-refractivity contribution < 1.29 is 0 Å². The Morgan fingerprint density at radius 1 is 1.00 bits per heavy atom. The fourth-order valence-electron chi connectivity index (χ4n) is 5.75. The molecule has 200 valence electrons. The van der Waals surface area contributed by atoms with Gasteiger partial charge in [-0.25, -0.2) is 4.31 Å². The maximum atomic E-state index is 9.16. The van der Waals surface area contributed by atoms with E-state index in [0.29, 0.717) is 12.1 Å². The summed E-state index contributed by atoms with van der Waals surface area (Å²) < 4.78 is 2.56. The first-order chi connectivity index (χ1) is 18.8. The highest BCUT2D eigenvalue weighted by molar-refractivity contribution is 7.97. The maximum absolute atomic E-state index is 9.16. The van der Waals surface area contributed by atoms with Gasteiger partial charge in [0.05, 0.1) is 11.6 Å². The lowest BCUT2D eigenvalue weighted by atomic mass is 9.65. The molecule has 1 aliphatic carbocycles. The quantitative estimate of drug-likeness (QED) is 0.308. The third-order valence-corrected chi connectivity index (χ3v) is 8.97. The van der Waals surface area contributed by atoms with Gasteiger partial charge in [0.15, 0.2) is 0 Å². The number of nitrogens with two attached hydrogens (primary N) is 1. The smallest absolute Gasteiger partial charge is 0.0991 e. The zero-order chi connectivity index (χ0) is 27.5. The minimum atomic E-state index is 0.00248. The summed E-state index contributed by atoms with van der Waals surface area (Å²) in [6.45, 7) is 9.29. The van der Waals surface area contributed by atoms with Gasteiger partial charge in [0, 0.05) is 41.3 Å². The standard InChI is InChI=1S/C34H38N4S/c1-33(2,3)28-11-15-31(16-12-28)39-38-18-17-29-19-32(37-30-13-9-26(22-35)10-14-30)27(23-36)21-34(29,24-38)20-25-7-5-4-6-8-25/h4-16,19,37H,17-18,20-21,23-24,36H2,1-3H3. The van der Waals surface area contributed by atoms with Crippen molar-refractivity contribution in [3.05, 3.63) is 118 Å². The van der Waals surface area contributed by atoms with Crippen molar-refractivity contribution in [2.75, 3.05) is 25.0 Å². The molecular formula is C34H38N4S. The van der Waals surface area contributed by atoms with Gasteiger partial charge in [-0.1, -0.05) is 68.8 Å². The maximum Gasteiger partial charge on any atom is 0.0991 e. The van der Waals surface area contributed by atoms with Crippen LogP contribution < -0.4 is 11.1 Å². The summed E-state index contributed by atoms with van der Waals surface area (Å²) in [6.07, 6.45) is 5.32. The van der Waals surface area contributed by atoms with E-state index in [-0.39, 0.29) is 10.8 Å². The van der Waals surface area contributed by atoms with Crippen molar-refractivity contribution in [1.29, 1.82) is 5.26 Å². The minimum absolute atomic E-state index is 0.00248. The van der Waals surface area contributed by atoms with Crippen LogP contribution in [0.3, 0.4) is 0 Å². The zero-order valence-electron chi connectivity index (χ0n) is 23.2. The minimum Gasteiger partial charge on any atom is -0.356 e. The normalized spacial score (nSPS) is 19.7. The van der Waals surface area contributed by atoms with Crippen molar-refractivity contribution in [3.63, 3.8) is 0 Å². The predicted octanol–water partition coefficient (Wildman–Crippen LogP) is 7.45. The van der Waals surface area contributed by atoms with Gasteiger partial charge in [-0.15, -0.1) is 0 Å². The van der Waals surface area contributed by atoms with E-state index in [1.807, 2.05) is 36.2 Å². The molecule has 0 saturated carbocycles. The van der Waals surface area contributed by atoms with Gasteiger partial charge >= 0.3 is 0 Å². The van der Waals surface area contributed by atoms with E-state index >= 15 is 0 Å². The van der Waals surface area contributed by atoms with E-state index in [1.54, 1.807) is 0 Å². The second-order valence-electron chi connectivity index (χ2n) is 11.8. The number of nitrogens with one attached hydrogen (secondary N) is 1. The number of nitrogens with zero attached hydrogens (tertiary/aromatic N) is 2. The Hall–Kier alpha value is -3.30. The van der Waals surface area contributed by atoms with Crippen LogP contribution in [-0.4, -0.2) is 23.9 Å². The van der Waals surface area contributed by atoms with Crippen LogP contribution in [0, 0.1) is 16.7 Å². The van der Waals surface area contributed by atoms with Gasteiger partial charge in [-0.3, -0.25) is 0 Å². The van der Waals surface area contributed by atoms with Crippen molar-refractivity contribution in [1.82, 2.24) is 4.31 Å². The van der Waals surface area contributed by atoms with Gasteiger partial charge in [0.25, 0.3) is 0 Å². The summed E-state index contributed by atoms with van der Waals surface area (Å²) in [4.78, 5) is 1.29. The monoisotopic (exact) mass is 534 g/mol. The topological polar surface area (TPSA) is 65.1 Å². The molecule has 5 heteroatoms. The van der Waals surface area contributed by atoms with Gasteiger partial charge in [-0.05, 0) is 95.8 Å². The molecule has 39 heavy (non-hydrogen) atoms. The number of fused-ring (bicyclic) bond motifs is 1. The fraction of sp³-hybridized carbons (Fsp3) is 0.324. The number of nitriles is 1. The SMILES string of the molecule is CC(C)(C)c1ccc(SN2CCC3=CC(Nc4ccc(C#N)cc4)=C(CN)CC3(Cc3ccccc3)C2)cc1. The van der Waals surface area contributed by atoms with E-state index in [2.05, 4.69) is 97.1 Å². The van der Waals surface area contributed by atoms with E-state index in [9.17, 15) is 0 Å². The summed E-state index contributed by atoms with van der Waals surface area (Å²) in [5.74, 6) is 0. The van der Waals surface area contributed by atoms with Crippen molar-refractivity contribution in [2.24, 2.45) is 11.1 Å². The summed E-state index contributed by atoms with van der Waals surface area (Å²) in [5.41, 5.74) is 14.8. The molecule has 1 saturated heterocycles. The zero-order valence-corrected chi connectivity index (χ0v) is 24.0. The molecule has 1 atom stereocenters. The third kappa shape index (κ3) is 6.31. The number of anilines is 1. The van der Waals surface area contributed by atoms with Gasteiger partial charge in [-0.2, -0.15) is 5.26 Å². The lowest BCUT2D eigenvalue weighted by Crippen LogP contribution is -2.45. The van der Waals surface area contributed by atoms with Crippen molar-refractivity contribution in [2.45, 2.75) is 50.3 Å². The molecule has 3 N–H and O–H groups in total. The molecule has 0 amide bonds. The Balaban J connectivity index is 1.41. The van der Waals surface area contributed by atoms with E-state index in [4.69, 9.17) is 11.0 Å². The number of allylic oxidation sites excluding steroid dienone is 1. The Bertz CT molecular complexity index is 1390. The highest BCUT2D eigenvalue weighted by Crippen LogP contribution is 2.49. The molecule has 3 aromatic rings.